The summed E-state index contributed by atoms with van der Waals surface area (Å²) in [7, 11) is 0. The standard InChI is InChI=1S/C43H68N10O7/c1-9-26(7)35(37(44)55)52-40(58)33(21-25(5)6)51-39(57)31(16-13-19-47-43(45)46)49-34(54)23-48-42(60)36(27(8)10-2)53-41(59)32(20-24(3)4)50-38(56)30-18-17-28-14-11-12-15-29(28)22-30/h11-12,14-15,17-18,22,24-27,31-33,35-36H,9-10,13,16,19-21,23H2,1-8H3,(H2,44,55)(H,48,60)(H,49,54)(H,50,56)(H,51,57)(H,52,58)(H,53,59)(H4,45,46,47)/t26-,27-,31-,32-,33-,35-,36-/m0/s1. The number of nitrogens with two attached hydrogens (primary N) is 3. The number of guanidine groups is 1. The van der Waals surface area contributed by atoms with Gasteiger partial charge in [0.25, 0.3) is 5.91 Å². The van der Waals surface area contributed by atoms with Gasteiger partial charge in [-0.25, -0.2) is 0 Å². The lowest BCUT2D eigenvalue weighted by molar-refractivity contribution is -0.134. The molecule has 0 bridgehead atoms. The highest BCUT2D eigenvalue weighted by Crippen LogP contribution is 2.17. The molecule has 0 saturated heterocycles. The number of hydrogen-bond acceptors (Lipinski definition) is 8. The third-order valence-corrected chi connectivity index (χ3v) is 10.3. The van der Waals surface area contributed by atoms with Crippen molar-refractivity contribution in [2.75, 3.05) is 13.1 Å². The van der Waals surface area contributed by atoms with Crippen molar-refractivity contribution < 1.29 is 33.6 Å². The predicted octanol–water partition coefficient (Wildman–Crippen LogP) is 1.72. The van der Waals surface area contributed by atoms with Crippen molar-refractivity contribution in [2.45, 2.75) is 124 Å². The number of primary amides is 1. The van der Waals surface area contributed by atoms with E-state index in [1.807, 2.05) is 71.9 Å². The minimum atomic E-state index is -1.17. The second-order valence-electron chi connectivity index (χ2n) is 16.3. The van der Waals surface area contributed by atoms with E-state index in [0.29, 0.717) is 24.8 Å². The Balaban J connectivity index is 2.21. The molecule has 0 saturated carbocycles. The van der Waals surface area contributed by atoms with Crippen LogP contribution >= 0.6 is 0 Å². The van der Waals surface area contributed by atoms with Crippen molar-refractivity contribution in [1.29, 1.82) is 0 Å². The van der Waals surface area contributed by atoms with Gasteiger partial charge in [0.2, 0.25) is 35.4 Å². The molecule has 0 aliphatic carbocycles. The van der Waals surface area contributed by atoms with Crippen LogP contribution in [0.4, 0.5) is 0 Å². The quantitative estimate of drug-likeness (QED) is 0.0399. The number of amides is 7. The highest BCUT2D eigenvalue weighted by atomic mass is 16.2. The number of benzene rings is 2. The summed E-state index contributed by atoms with van der Waals surface area (Å²) in [6.07, 6.45) is 1.95. The summed E-state index contributed by atoms with van der Waals surface area (Å²) in [6.45, 7) is 14.5. The molecule has 0 aromatic heterocycles. The van der Waals surface area contributed by atoms with Gasteiger partial charge in [0.15, 0.2) is 5.96 Å². The van der Waals surface area contributed by atoms with Crippen LogP contribution in [-0.4, -0.2) is 90.6 Å². The van der Waals surface area contributed by atoms with E-state index in [9.17, 15) is 33.6 Å². The van der Waals surface area contributed by atoms with Crippen molar-refractivity contribution in [1.82, 2.24) is 31.9 Å². The molecular weight excluding hydrogens is 769 g/mol. The second-order valence-corrected chi connectivity index (χ2v) is 16.3. The smallest absolute Gasteiger partial charge is 0.251 e. The lowest BCUT2D eigenvalue weighted by atomic mass is 9.96. The van der Waals surface area contributed by atoms with Crippen LogP contribution in [0.25, 0.3) is 10.8 Å². The molecule has 0 heterocycles. The van der Waals surface area contributed by atoms with Crippen LogP contribution in [0.15, 0.2) is 47.5 Å². The molecule has 0 aliphatic rings. The van der Waals surface area contributed by atoms with Gasteiger partial charge in [0.1, 0.15) is 30.2 Å². The highest BCUT2D eigenvalue weighted by molar-refractivity contribution is 6.01. The number of hydrogen-bond donors (Lipinski definition) is 9. The van der Waals surface area contributed by atoms with E-state index < -0.39 is 78.1 Å². The Hall–Kier alpha value is -5.74. The summed E-state index contributed by atoms with van der Waals surface area (Å²) in [5.74, 6) is -5.08. The van der Waals surface area contributed by atoms with Crippen molar-refractivity contribution in [3.05, 3.63) is 48.0 Å². The molecule has 12 N–H and O–H groups in total. The van der Waals surface area contributed by atoms with E-state index in [1.54, 1.807) is 26.0 Å². The molecule has 2 rings (SSSR count). The first-order valence-corrected chi connectivity index (χ1v) is 20.9. The largest absolute Gasteiger partial charge is 0.370 e. The monoisotopic (exact) mass is 837 g/mol. The van der Waals surface area contributed by atoms with Gasteiger partial charge in [-0.15, -0.1) is 0 Å². The average molecular weight is 837 g/mol. The van der Waals surface area contributed by atoms with E-state index in [-0.39, 0.29) is 55.4 Å². The van der Waals surface area contributed by atoms with Gasteiger partial charge in [-0.05, 0) is 72.3 Å². The van der Waals surface area contributed by atoms with E-state index in [4.69, 9.17) is 17.2 Å². The fourth-order valence-electron chi connectivity index (χ4n) is 6.48. The van der Waals surface area contributed by atoms with Crippen LogP contribution in [0.2, 0.25) is 0 Å². The maximum atomic E-state index is 13.8. The maximum Gasteiger partial charge on any atom is 0.251 e. The normalized spacial score (nSPS) is 14.7. The average Bonchev–Trinajstić information content (AvgIpc) is 3.19. The molecule has 0 aliphatic heterocycles. The summed E-state index contributed by atoms with van der Waals surface area (Å²) in [6, 6.07) is 7.70. The predicted molar refractivity (Wildman–Crippen MR) is 233 cm³/mol. The molecule has 2 aromatic carbocycles. The minimum absolute atomic E-state index is 0.0219. The van der Waals surface area contributed by atoms with Crippen LogP contribution in [0, 0.1) is 23.7 Å². The topological polar surface area (TPSA) is 282 Å². The van der Waals surface area contributed by atoms with Gasteiger partial charge >= 0.3 is 0 Å². The van der Waals surface area contributed by atoms with Crippen molar-refractivity contribution >= 4 is 58.1 Å². The number of fused-ring (bicyclic) bond motifs is 1. The minimum Gasteiger partial charge on any atom is -0.370 e. The first-order valence-electron chi connectivity index (χ1n) is 20.9. The van der Waals surface area contributed by atoms with Crippen molar-refractivity contribution in [3.8, 4) is 0 Å². The lowest BCUT2D eigenvalue weighted by Gasteiger charge is -2.28. The molecule has 17 heteroatoms. The van der Waals surface area contributed by atoms with Gasteiger partial charge in [0, 0.05) is 12.1 Å². The van der Waals surface area contributed by atoms with Crippen LogP contribution < -0.4 is 49.1 Å². The zero-order valence-electron chi connectivity index (χ0n) is 36.4. The van der Waals surface area contributed by atoms with Crippen LogP contribution in [0.5, 0.6) is 0 Å². The molecule has 0 radical (unpaired) electrons. The van der Waals surface area contributed by atoms with E-state index in [1.165, 1.54) is 0 Å². The molecular formula is C43H68N10O7. The molecule has 0 fully saturated rings. The molecule has 332 valence electrons. The Labute approximate surface area is 354 Å². The SMILES string of the molecule is CC[C@H](C)[C@H](NC(=O)[C@H](CC(C)C)NC(=O)[C@H](CCCN=C(N)N)NC(=O)CNC(=O)[C@@H](NC(=O)[C@H](CC(C)C)NC(=O)c1ccc2ccccc2c1)[C@@H](C)CC)C(N)=O. The lowest BCUT2D eigenvalue weighted by Crippen LogP contribution is -2.58. The summed E-state index contributed by atoms with van der Waals surface area (Å²) in [5, 5.41) is 18.1. The first-order chi connectivity index (χ1) is 28.3. The number of aliphatic imine (C=N–C) groups is 1. The summed E-state index contributed by atoms with van der Waals surface area (Å²) >= 11 is 0. The molecule has 7 atom stereocenters. The van der Waals surface area contributed by atoms with E-state index in [0.717, 1.165) is 10.8 Å². The van der Waals surface area contributed by atoms with Crippen LogP contribution in [0.1, 0.15) is 104 Å². The van der Waals surface area contributed by atoms with E-state index >= 15 is 0 Å². The molecule has 60 heavy (non-hydrogen) atoms. The molecule has 0 unspecified atom stereocenters. The summed E-state index contributed by atoms with van der Waals surface area (Å²) in [5.41, 5.74) is 16.9. The third-order valence-electron chi connectivity index (χ3n) is 10.3. The zero-order chi connectivity index (χ0) is 45.1. The highest BCUT2D eigenvalue weighted by Gasteiger charge is 2.33. The molecule has 17 nitrogen and oxygen atoms in total. The fraction of sp³-hybridized carbons (Fsp3) is 0.581. The number of nitrogens with one attached hydrogen (secondary N) is 6. The fourth-order valence-corrected chi connectivity index (χ4v) is 6.48. The number of rotatable bonds is 25. The van der Waals surface area contributed by atoms with Gasteiger partial charge in [-0.1, -0.05) is 98.6 Å². The van der Waals surface area contributed by atoms with Gasteiger partial charge < -0.3 is 49.1 Å². The second kappa shape index (κ2) is 25.0. The Morgan fingerprint density at radius 3 is 1.70 bits per heavy atom. The molecule has 0 spiro atoms. The zero-order valence-corrected chi connectivity index (χ0v) is 36.4. The third kappa shape index (κ3) is 16.9. The Morgan fingerprint density at radius 1 is 0.617 bits per heavy atom. The number of carbonyl (C=O) groups excluding carboxylic acids is 7. The molecule has 7 amide bonds. The Kier molecular flexibility index (Phi) is 21.0. The van der Waals surface area contributed by atoms with Crippen molar-refractivity contribution in [2.24, 2.45) is 45.9 Å². The summed E-state index contributed by atoms with van der Waals surface area (Å²) < 4.78 is 0. The summed E-state index contributed by atoms with van der Waals surface area (Å²) in [4.78, 5) is 97.3. The Morgan fingerprint density at radius 2 is 1.15 bits per heavy atom. The van der Waals surface area contributed by atoms with Gasteiger partial charge in [-0.3, -0.25) is 38.6 Å². The van der Waals surface area contributed by atoms with Gasteiger partial charge in [-0.2, -0.15) is 0 Å². The van der Waals surface area contributed by atoms with Crippen LogP contribution in [0.3, 0.4) is 0 Å². The van der Waals surface area contributed by atoms with Gasteiger partial charge in [0.05, 0.1) is 6.54 Å². The van der Waals surface area contributed by atoms with Crippen molar-refractivity contribution in [3.63, 3.8) is 0 Å². The Bertz CT molecular complexity index is 1810. The first kappa shape index (κ1) is 50.4. The number of carbonyl (C=O) groups is 7. The number of nitrogens with zero attached hydrogens (tertiary/aromatic N) is 1. The molecule has 2 aromatic rings. The van der Waals surface area contributed by atoms with Crippen LogP contribution in [-0.2, 0) is 28.8 Å². The maximum absolute atomic E-state index is 13.8. The van der Waals surface area contributed by atoms with E-state index in [2.05, 4.69) is 36.9 Å².